The number of likely N-dealkylation sites (tertiary alicyclic amines) is 1. The molecule has 1 aliphatic heterocycles. The van der Waals surface area contributed by atoms with E-state index in [0.717, 1.165) is 30.8 Å². The van der Waals surface area contributed by atoms with Crippen molar-refractivity contribution in [2.45, 2.75) is 45.2 Å². The zero-order chi connectivity index (χ0) is 17.2. The van der Waals surface area contributed by atoms with Crippen molar-refractivity contribution in [3.05, 3.63) is 47.9 Å². The molecule has 1 aliphatic rings. The molecule has 1 atom stereocenters. The summed E-state index contributed by atoms with van der Waals surface area (Å²) in [7, 11) is 0. The van der Waals surface area contributed by atoms with Gasteiger partial charge < -0.3 is 9.05 Å². The summed E-state index contributed by atoms with van der Waals surface area (Å²) in [6.07, 6.45) is 2.09. The second-order valence-electron chi connectivity index (χ2n) is 6.66. The highest BCUT2D eigenvalue weighted by atomic mass is 16.5. The van der Waals surface area contributed by atoms with Crippen LogP contribution in [0.5, 0.6) is 0 Å². The number of aromatic nitrogens is 4. The van der Waals surface area contributed by atoms with Gasteiger partial charge in [-0.2, -0.15) is 9.97 Å². The Balaban J connectivity index is 1.49. The molecule has 0 saturated carbocycles. The highest BCUT2D eigenvalue weighted by molar-refractivity contribution is 5.51. The third-order valence-electron chi connectivity index (χ3n) is 4.46. The number of benzene rings is 1. The van der Waals surface area contributed by atoms with E-state index in [2.05, 4.69) is 39.0 Å². The average Bonchev–Trinajstić information content (AvgIpc) is 3.36. The van der Waals surface area contributed by atoms with Crippen molar-refractivity contribution in [2.75, 3.05) is 6.54 Å². The molecule has 7 nitrogen and oxygen atoms in total. The molecule has 1 unspecified atom stereocenters. The summed E-state index contributed by atoms with van der Waals surface area (Å²) in [5, 5.41) is 8.21. The fraction of sp³-hybridized carbons (Fsp3) is 0.444. The fourth-order valence-corrected chi connectivity index (χ4v) is 3.11. The third-order valence-corrected chi connectivity index (χ3v) is 4.46. The van der Waals surface area contributed by atoms with E-state index >= 15 is 0 Å². The van der Waals surface area contributed by atoms with Crippen molar-refractivity contribution in [3.8, 4) is 11.5 Å². The van der Waals surface area contributed by atoms with Gasteiger partial charge in [-0.1, -0.05) is 42.4 Å². The maximum Gasteiger partial charge on any atom is 0.257 e. The van der Waals surface area contributed by atoms with Crippen molar-refractivity contribution in [1.82, 2.24) is 25.2 Å². The first kappa shape index (κ1) is 16.0. The van der Waals surface area contributed by atoms with Gasteiger partial charge in [-0.3, -0.25) is 4.90 Å². The molecule has 0 N–H and O–H groups in total. The summed E-state index contributed by atoms with van der Waals surface area (Å²) < 4.78 is 10.9. The number of hydrogen-bond donors (Lipinski definition) is 0. The van der Waals surface area contributed by atoms with Crippen LogP contribution in [0.1, 0.15) is 56.2 Å². The van der Waals surface area contributed by atoms with E-state index in [1.807, 2.05) is 30.3 Å². The van der Waals surface area contributed by atoms with Crippen molar-refractivity contribution >= 4 is 0 Å². The minimum Gasteiger partial charge on any atom is -0.338 e. The molecule has 1 aromatic carbocycles. The second kappa shape index (κ2) is 6.76. The monoisotopic (exact) mass is 339 g/mol. The lowest BCUT2D eigenvalue weighted by atomic mass is 10.2. The van der Waals surface area contributed by atoms with Gasteiger partial charge in [0, 0.05) is 11.5 Å². The van der Waals surface area contributed by atoms with Gasteiger partial charge in [-0.05, 0) is 31.5 Å². The molecule has 0 aliphatic carbocycles. The van der Waals surface area contributed by atoms with Gasteiger partial charge >= 0.3 is 0 Å². The molecule has 1 fully saturated rings. The Morgan fingerprint density at radius 2 is 1.96 bits per heavy atom. The van der Waals surface area contributed by atoms with Crippen molar-refractivity contribution in [1.29, 1.82) is 0 Å². The molecule has 0 spiro atoms. The molecule has 7 heteroatoms. The van der Waals surface area contributed by atoms with Gasteiger partial charge in [-0.25, -0.2) is 0 Å². The van der Waals surface area contributed by atoms with Crippen molar-refractivity contribution in [2.24, 2.45) is 0 Å². The first-order valence-corrected chi connectivity index (χ1v) is 8.66. The molecule has 2 aromatic heterocycles. The lowest BCUT2D eigenvalue weighted by Crippen LogP contribution is -2.23. The maximum atomic E-state index is 5.49. The Labute approximate surface area is 146 Å². The molecule has 3 aromatic rings. The predicted octanol–water partition coefficient (Wildman–Crippen LogP) is 3.58. The van der Waals surface area contributed by atoms with Crippen LogP contribution in [-0.2, 0) is 6.54 Å². The van der Waals surface area contributed by atoms with E-state index in [-0.39, 0.29) is 12.0 Å². The Bertz CT molecular complexity index is 827. The van der Waals surface area contributed by atoms with Gasteiger partial charge in [0.15, 0.2) is 11.6 Å². The van der Waals surface area contributed by atoms with E-state index in [1.54, 1.807) is 0 Å². The Morgan fingerprint density at radius 1 is 1.12 bits per heavy atom. The highest BCUT2D eigenvalue weighted by Gasteiger charge is 2.32. The summed E-state index contributed by atoms with van der Waals surface area (Å²) in [5.41, 5.74) is 0.928. The van der Waals surface area contributed by atoms with Crippen LogP contribution in [0.15, 0.2) is 39.4 Å². The third kappa shape index (κ3) is 3.32. The van der Waals surface area contributed by atoms with E-state index in [0.29, 0.717) is 24.2 Å². The van der Waals surface area contributed by atoms with Gasteiger partial charge in [0.1, 0.15) is 0 Å². The van der Waals surface area contributed by atoms with Crippen LogP contribution in [0.4, 0.5) is 0 Å². The van der Waals surface area contributed by atoms with Crippen LogP contribution < -0.4 is 0 Å². The van der Waals surface area contributed by atoms with Crippen LogP contribution >= 0.6 is 0 Å². The Hall–Kier alpha value is -2.54. The number of nitrogens with zero attached hydrogens (tertiary/aromatic N) is 5. The minimum absolute atomic E-state index is 0.124. The Kier molecular flexibility index (Phi) is 4.31. The van der Waals surface area contributed by atoms with E-state index < -0.39 is 0 Å². The summed E-state index contributed by atoms with van der Waals surface area (Å²) >= 11 is 0. The molecule has 0 radical (unpaired) electrons. The molecule has 4 rings (SSSR count). The SMILES string of the molecule is CC(C)c1noc(C2CCCN2Cc2noc(-c3ccccc3)n2)n1. The number of rotatable bonds is 5. The smallest absolute Gasteiger partial charge is 0.257 e. The normalized spacial score (nSPS) is 18.3. The standard InChI is InChI=1S/C18H21N5O2/c1-12(2)16-20-18(25-22-16)14-9-6-10-23(14)11-15-19-17(24-21-15)13-7-4-3-5-8-13/h3-5,7-8,12,14H,6,9-11H2,1-2H3. The summed E-state index contributed by atoms with van der Waals surface area (Å²) in [5.74, 6) is 2.93. The summed E-state index contributed by atoms with van der Waals surface area (Å²) in [6, 6.07) is 9.92. The number of hydrogen-bond acceptors (Lipinski definition) is 7. The molecule has 25 heavy (non-hydrogen) atoms. The summed E-state index contributed by atoms with van der Waals surface area (Å²) in [4.78, 5) is 11.3. The molecule has 130 valence electrons. The van der Waals surface area contributed by atoms with E-state index in [1.165, 1.54) is 0 Å². The zero-order valence-electron chi connectivity index (χ0n) is 14.4. The highest BCUT2D eigenvalue weighted by Crippen LogP contribution is 2.32. The second-order valence-corrected chi connectivity index (χ2v) is 6.66. The van der Waals surface area contributed by atoms with Gasteiger partial charge in [-0.15, -0.1) is 0 Å². The van der Waals surface area contributed by atoms with Crippen LogP contribution in [0.2, 0.25) is 0 Å². The van der Waals surface area contributed by atoms with Crippen LogP contribution in [-0.4, -0.2) is 31.7 Å². The minimum atomic E-state index is 0.124. The van der Waals surface area contributed by atoms with E-state index in [9.17, 15) is 0 Å². The molecular weight excluding hydrogens is 318 g/mol. The first-order valence-electron chi connectivity index (χ1n) is 8.66. The van der Waals surface area contributed by atoms with Crippen LogP contribution in [0, 0.1) is 0 Å². The van der Waals surface area contributed by atoms with E-state index in [4.69, 9.17) is 9.05 Å². The average molecular weight is 339 g/mol. The maximum absolute atomic E-state index is 5.49. The van der Waals surface area contributed by atoms with Crippen LogP contribution in [0.25, 0.3) is 11.5 Å². The quantitative estimate of drug-likeness (QED) is 0.702. The van der Waals surface area contributed by atoms with Gasteiger partial charge in [0.05, 0.1) is 12.6 Å². The Morgan fingerprint density at radius 3 is 2.72 bits per heavy atom. The lowest BCUT2D eigenvalue weighted by Gasteiger charge is -2.19. The molecule has 0 bridgehead atoms. The topological polar surface area (TPSA) is 81.1 Å². The molecule has 3 heterocycles. The zero-order valence-corrected chi connectivity index (χ0v) is 14.4. The van der Waals surface area contributed by atoms with Gasteiger partial charge in [0.25, 0.3) is 5.89 Å². The predicted molar refractivity (Wildman–Crippen MR) is 90.5 cm³/mol. The van der Waals surface area contributed by atoms with Crippen molar-refractivity contribution < 1.29 is 9.05 Å². The largest absolute Gasteiger partial charge is 0.338 e. The fourth-order valence-electron chi connectivity index (χ4n) is 3.11. The first-order chi connectivity index (χ1) is 12.2. The molecular formula is C18H21N5O2. The summed E-state index contributed by atoms with van der Waals surface area (Å²) in [6.45, 7) is 5.69. The molecule has 1 saturated heterocycles. The van der Waals surface area contributed by atoms with Crippen LogP contribution in [0.3, 0.4) is 0 Å². The van der Waals surface area contributed by atoms with Gasteiger partial charge in [0.2, 0.25) is 5.89 Å². The molecule has 0 amide bonds. The lowest BCUT2D eigenvalue weighted by molar-refractivity contribution is 0.195. The van der Waals surface area contributed by atoms with Crippen molar-refractivity contribution in [3.63, 3.8) is 0 Å².